The van der Waals surface area contributed by atoms with E-state index < -0.39 is 0 Å². The molecule has 0 aliphatic rings. The van der Waals surface area contributed by atoms with Crippen LogP contribution in [-0.4, -0.2) is 12.1 Å². The van der Waals surface area contributed by atoms with Crippen molar-refractivity contribution in [3.05, 3.63) is 48.0 Å². The maximum atomic E-state index is 5.44. The Bertz CT molecular complexity index is 670. The lowest BCUT2D eigenvalue weighted by molar-refractivity contribution is 0.416. The van der Waals surface area contributed by atoms with Gasteiger partial charge in [0.05, 0.1) is 22.9 Å². The van der Waals surface area contributed by atoms with Crippen molar-refractivity contribution in [1.29, 1.82) is 0 Å². The molecule has 0 bridgehead atoms. The number of rotatable bonds is 2. The zero-order valence-corrected chi connectivity index (χ0v) is 11.1. The molecular weight excluding hydrogens is 242 g/mol. The molecule has 0 aliphatic heterocycles. The van der Waals surface area contributed by atoms with Gasteiger partial charge < -0.3 is 4.74 Å². The van der Waals surface area contributed by atoms with Crippen LogP contribution in [0.5, 0.6) is 5.75 Å². The summed E-state index contributed by atoms with van der Waals surface area (Å²) in [6, 6.07) is 14.4. The second kappa shape index (κ2) is 4.42. The molecule has 0 N–H and O–H groups in total. The number of hydrogen-bond acceptors (Lipinski definition) is 3. The minimum Gasteiger partial charge on any atom is -0.496 e. The third kappa shape index (κ3) is 1.87. The van der Waals surface area contributed by atoms with Crippen LogP contribution in [0.3, 0.4) is 0 Å². The Kier molecular flexibility index (Phi) is 2.76. The predicted octanol–water partition coefficient (Wildman–Crippen LogP) is 4.28. The van der Waals surface area contributed by atoms with Gasteiger partial charge in [0.25, 0.3) is 0 Å². The lowest BCUT2D eigenvalue weighted by Gasteiger charge is -2.06. The van der Waals surface area contributed by atoms with E-state index in [1.165, 1.54) is 10.3 Å². The Morgan fingerprint density at radius 3 is 2.72 bits per heavy atom. The molecule has 0 fully saturated rings. The number of benzene rings is 2. The Hall–Kier alpha value is -1.87. The summed E-state index contributed by atoms with van der Waals surface area (Å²) in [5.41, 5.74) is 3.29. The van der Waals surface area contributed by atoms with Gasteiger partial charge in [0.15, 0.2) is 0 Å². The van der Waals surface area contributed by atoms with E-state index in [1.807, 2.05) is 24.3 Å². The quantitative estimate of drug-likeness (QED) is 0.682. The van der Waals surface area contributed by atoms with E-state index in [9.17, 15) is 0 Å². The van der Waals surface area contributed by atoms with Crippen LogP contribution in [0.2, 0.25) is 0 Å². The molecule has 3 aromatic rings. The monoisotopic (exact) mass is 255 g/mol. The van der Waals surface area contributed by atoms with Gasteiger partial charge in [0.1, 0.15) is 10.8 Å². The van der Waals surface area contributed by atoms with Gasteiger partial charge in [-0.05, 0) is 36.8 Å². The second-order valence-corrected chi connectivity index (χ2v) is 5.22. The molecule has 18 heavy (non-hydrogen) atoms. The molecule has 0 radical (unpaired) electrons. The number of fused-ring (bicyclic) bond motifs is 1. The fourth-order valence-electron chi connectivity index (χ4n) is 1.96. The first-order chi connectivity index (χ1) is 8.78. The van der Waals surface area contributed by atoms with Crippen LogP contribution in [-0.2, 0) is 0 Å². The topological polar surface area (TPSA) is 22.1 Å². The molecule has 1 aromatic heterocycles. The molecule has 1 heterocycles. The molecule has 2 nitrogen and oxygen atoms in total. The molecule has 0 saturated carbocycles. The van der Waals surface area contributed by atoms with Crippen LogP contribution in [0.15, 0.2) is 42.5 Å². The van der Waals surface area contributed by atoms with Crippen molar-refractivity contribution >= 4 is 21.6 Å². The van der Waals surface area contributed by atoms with Crippen molar-refractivity contribution in [2.75, 3.05) is 7.11 Å². The lowest BCUT2D eigenvalue weighted by atomic mass is 10.1. The summed E-state index contributed by atoms with van der Waals surface area (Å²) in [4.78, 5) is 4.66. The van der Waals surface area contributed by atoms with Gasteiger partial charge in [-0.25, -0.2) is 4.98 Å². The molecular formula is C15H13NOS. The highest BCUT2D eigenvalue weighted by Gasteiger charge is 2.10. The number of aryl methyl sites for hydroxylation is 1. The lowest BCUT2D eigenvalue weighted by Crippen LogP contribution is -1.88. The Labute approximate surface area is 110 Å². The van der Waals surface area contributed by atoms with Crippen LogP contribution >= 0.6 is 11.3 Å². The average molecular weight is 255 g/mol. The summed E-state index contributed by atoms with van der Waals surface area (Å²) in [6.07, 6.45) is 0. The van der Waals surface area contributed by atoms with E-state index in [0.29, 0.717) is 0 Å². The van der Waals surface area contributed by atoms with Crippen molar-refractivity contribution in [3.63, 3.8) is 0 Å². The first-order valence-corrected chi connectivity index (χ1v) is 6.60. The zero-order valence-electron chi connectivity index (χ0n) is 10.3. The number of aromatic nitrogens is 1. The molecule has 0 saturated heterocycles. The Morgan fingerprint density at radius 2 is 1.94 bits per heavy atom. The molecule has 2 aromatic carbocycles. The fraction of sp³-hybridized carbons (Fsp3) is 0.133. The van der Waals surface area contributed by atoms with Gasteiger partial charge in [-0.2, -0.15) is 0 Å². The van der Waals surface area contributed by atoms with E-state index in [-0.39, 0.29) is 0 Å². The van der Waals surface area contributed by atoms with Gasteiger partial charge in [0.2, 0.25) is 0 Å². The van der Waals surface area contributed by atoms with E-state index in [4.69, 9.17) is 4.74 Å². The van der Waals surface area contributed by atoms with Crippen LogP contribution in [0.25, 0.3) is 20.8 Å². The summed E-state index contributed by atoms with van der Waals surface area (Å²) in [6.45, 7) is 2.06. The van der Waals surface area contributed by atoms with E-state index in [0.717, 1.165) is 21.8 Å². The van der Waals surface area contributed by atoms with Crippen molar-refractivity contribution in [1.82, 2.24) is 4.98 Å². The SMILES string of the molecule is COc1cc(C)ccc1-c1nc2ccccc2s1. The number of ether oxygens (including phenoxy) is 1. The van der Waals surface area contributed by atoms with Crippen molar-refractivity contribution < 1.29 is 4.74 Å². The maximum absolute atomic E-state index is 5.44. The van der Waals surface area contributed by atoms with Crippen LogP contribution in [0.1, 0.15) is 5.56 Å². The summed E-state index contributed by atoms with van der Waals surface area (Å²) >= 11 is 1.69. The smallest absolute Gasteiger partial charge is 0.129 e. The summed E-state index contributed by atoms with van der Waals surface area (Å²) in [7, 11) is 1.70. The average Bonchev–Trinajstić information content (AvgIpc) is 2.82. The van der Waals surface area contributed by atoms with Gasteiger partial charge in [-0.1, -0.05) is 18.2 Å². The summed E-state index contributed by atoms with van der Waals surface area (Å²) < 4.78 is 6.65. The number of hydrogen-bond donors (Lipinski definition) is 0. The molecule has 0 amide bonds. The van der Waals surface area contributed by atoms with Gasteiger partial charge in [-0.3, -0.25) is 0 Å². The largest absolute Gasteiger partial charge is 0.496 e. The van der Waals surface area contributed by atoms with E-state index >= 15 is 0 Å². The highest BCUT2D eigenvalue weighted by molar-refractivity contribution is 7.21. The Morgan fingerprint density at radius 1 is 1.11 bits per heavy atom. The third-order valence-electron chi connectivity index (χ3n) is 2.88. The van der Waals surface area contributed by atoms with Crippen molar-refractivity contribution in [2.45, 2.75) is 6.92 Å². The van der Waals surface area contributed by atoms with Crippen LogP contribution < -0.4 is 4.74 Å². The van der Waals surface area contributed by atoms with Gasteiger partial charge in [0, 0.05) is 0 Å². The van der Waals surface area contributed by atoms with E-state index in [1.54, 1.807) is 18.4 Å². The molecule has 0 spiro atoms. The maximum Gasteiger partial charge on any atom is 0.129 e. The molecule has 3 heteroatoms. The normalized spacial score (nSPS) is 10.8. The Balaban J connectivity index is 2.19. The zero-order chi connectivity index (χ0) is 12.5. The molecule has 0 unspecified atom stereocenters. The second-order valence-electron chi connectivity index (χ2n) is 4.19. The fourth-order valence-corrected chi connectivity index (χ4v) is 2.96. The standard InChI is InChI=1S/C15H13NOS/c1-10-7-8-11(13(9-10)17-2)15-16-12-5-3-4-6-14(12)18-15/h3-9H,1-2H3. The van der Waals surface area contributed by atoms with Crippen LogP contribution in [0, 0.1) is 6.92 Å². The van der Waals surface area contributed by atoms with Crippen molar-refractivity contribution in [3.8, 4) is 16.3 Å². The predicted molar refractivity (Wildman–Crippen MR) is 76.3 cm³/mol. The third-order valence-corrected chi connectivity index (χ3v) is 3.95. The first-order valence-electron chi connectivity index (χ1n) is 5.78. The number of nitrogens with zero attached hydrogens (tertiary/aromatic N) is 1. The number of methoxy groups -OCH3 is 1. The molecule has 90 valence electrons. The number of para-hydroxylation sites is 1. The van der Waals surface area contributed by atoms with Crippen molar-refractivity contribution in [2.24, 2.45) is 0 Å². The summed E-state index contributed by atoms with van der Waals surface area (Å²) in [5.74, 6) is 0.883. The molecule has 0 atom stereocenters. The molecule has 3 rings (SSSR count). The molecule has 0 aliphatic carbocycles. The minimum atomic E-state index is 0.883. The van der Waals surface area contributed by atoms with E-state index in [2.05, 4.69) is 30.1 Å². The highest BCUT2D eigenvalue weighted by atomic mass is 32.1. The summed E-state index contributed by atoms with van der Waals surface area (Å²) in [5, 5.41) is 1.01. The van der Waals surface area contributed by atoms with Crippen LogP contribution in [0.4, 0.5) is 0 Å². The van der Waals surface area contributed by atoms with Gasteiger partial charge >= 0.3 is 0 Å². The highest BCUT2D eigenvalue weighted by Crippen LogP contribution is 2.35. The van der Waals surface area contributed by atoms with Gasteiger partial charge in [-0.15, -0.1) is 11.3 Å². The number of thiazole rings is 1. The minimum absolute atomic E-state index is 0.883. The first kappa shape index (κ1) is 11.2.